The van der Waals surface area contributed by atoms with E-state index in [2.05, 4.69) is 18.3 Å². The summed E-state index contributed by atoms with van der Waals surface area (Å²) < 4.78 is 0. The number of hydrogen-bond acceptors (Lipinski definition) is 1. The molecular weight excluding hydrogens is 132 g/mol. The van der Waals surface area contributed by atoms with E-state index in [1.54, 1.807) is 0 Å². The van der Waals surface area contributed by atoms with E-state index in [0.29, 0.717) is 6.42 Å². The molecule has 0 unspecified atom stereocenters. The van der Waals surface area contributed by atoms with Crippen molar-refractivity contribution in [3.05, 3.63) is 11.6 Å². The molecule has 9 heavy (non-hydrogen) atoms. The van der Waals surface area contributed by atoms with Crippen LogP contribution in [0.15, 0.2) is 11.6 Å². The Bertz CT molecular complexity index is 123. The Kier molecular flexibility index (Phi) is 4.32. The van der Waals surface area contributed by atoms with Crippen LogP contribution in [0.4, 0.5) is 0 Å². The highest BCUT2D eigenvalue weighted by Gasteiger charge is 1.86. The lowest BCUT2D eigenvalue weighted by atomic mass is 10.2. The van der Waals surface area contributed by atoms with Gasteiger partial charge in [-0.05, 0) is 32.5 Å². The molecule has 0 atom stereocenters. The highest BCUT2D eigenvalue weighted by Crippen LogP contribution is 1.96. The molecule has 0 aromatic carbocycles. The van der Waals surface area contributed by atoms with Crippen LogP contribution in [0.3, 0.4) is 0 Å². The van der Waals surface area contributed by atoms with E-state index in [1.165, 1.54) is 5.57 Å². The van der Waals surface area contributed by atoms with Crippen LogP contribution >= 0.6 is 12.2 Å². The summed E-state index contributed by atoms with van der Waals surface area (Å²) in [6.45, 7) is 4.06. The average molecular weight is 144 g/mol. The fourth-order valence-electron chi connectivity index (χ4n) is 0.484. The van der Waals surface area contributed by atoms with Crippen LogP contribution in [0, 0.1) is 0 Å². The average Bonchev–Trinajstić information content (AvgIpc) is 1.63. The molecule has 0 saturated heterocycles. The Morgan fingerprint density at radius 1 is 1.56 bits per heavy atom. The molecular formula is C7H12OS. The van der Waals surface area contributed by atoms with Crippen LogP contribution in [0.5, 0.6) is 0 Å². The lowest BCUT2D eigenvalue weighted by Crippen LogP contribution is -1.88. The summed E-state index contributed by atoms with van der Waals surface area (Å²) in [4.78, 5) is 0. The molecule has 0 fully saturated rings. The van der Waals surface area contributed by atoms with Gasteiger partial charge in [0, 0.05) is 6.42 Å². The van der Waals surface area contributed by atoms with E-state index >= 15 is 0 Å². The summed E-state index contributed by atoms with van der Waals surface area (Å²) in [7, 11) is 0. The second kappa shape index (κ2) is 4.50. The molecule has 0 saturated carbocycles. The molecule has 0 aliphatic heterocycles. The minimum absolute atomic E-state index is 0.104. The zero-order valence-electron chi connectivity index (χ0n) is 5.85. The summed E-state index contributed by atoms with van der Waals surface area (Å²) in [6, 6.07) is 0. The summed E-state index contributed by atoms with van der Waals surface area (Å²) in [5.74, 6) is 0. The summed E-state index contributed by atoms with van der Waals surface area (Å²) in [5, 5.41) is 8.67. The predicted molar refractivity (Wildman–Crippen MR) is 43.9 cm³/mol. The molecule has 0 aliphatic rings. The zero-order chi connectivity index (χ0) is 7.28. The van der Waals surface area contributed by atoms with Gasteiger partial charge in [-0.2, -0.15) is 0 Å². The van der Waals surface area contributed by atoms with Crippen molar-refractivity contribution in [1.82, 2.24) is 0 Å². The largest absolute Gasteiger partial charge is 0.502 e. The third-order valence-electron chi connectivity index (χ3n) is 0.911. The number of aliphatic hydroxyl groups is 1. The van der Waals surface area contributed by atoms with E-state index in [1.807, 2.05) is 13.8 Å². The van der Waals surface area contributed by atoms with Crippen LogP contribution in [0.1, 0.15) is 26.7 Å². The lowest BCUT2D eigenvalue weighted by molar-refractivity contribution is 0.549. The molecule has 0 heterocycles. The Morgan fingerprint density at radius 3 is 2.44 bits per heavy atom. The summed E-state index contributed by atoms with van der Waals surface area (Å²) >= 11 is 4.47. The Labute approximate surface area is 61.4 Å². The second-order valence-electron chi connectivity index (χ2n) is 2.21. The minimum atomic E-state index is 0.104. The van der Waals surface area contributed by atoms with Gasteiger partial charge in [0.05, 0.1) is 0 Å². The molecule has 0 amide bonds. The van der Waals surface area contributed by atoms with E-state index in [-0.39, 0.29) is 5.05 Å². The molecule has 0 spiro atoms. The van der Waals surface area contributed by atoms with Crippen molar-refractivity contribution in [2.45, 2.75) is 26.7 Å². The van der Waals surface area contributed by atoms with Gasteiger partial charge in [0.25, 0.3) is 0 Å². The van der Waals surface area contributed by atoms with E-state index < -0.39 is 0 Å². The molecule has 1 nitrogen and oxygen atoms in total. The summed E-state index contributed by atoms with van der Waals surface area (Å²) in [6.07, 6.45) is 3.53. The van der Waals surface area contributed by atoms with E-state index in [9.17, 15) is 0 Å². The third-order valence-corrected chi connectivity index (χ3v) is 1.11. The first kappa shape index (κ1) is 8.63. The van der Waals surface area contributed by atoms with Crippen LogP contribution in [-0.2, 0) is 0 Å². The smallest absolute Gasteiger partial charge is 0.156 e. The summed E-state index contributed by atoms with van der Waals surface area (Å²) in [5.41, 5.74) is 1.27. The number of hydrogen-bond donors (Lipinski definition) is 1. The van der Waals surface area contributed by atoms with E-state index in [0.717, 1.165) is 6.42 Å². The van der Waals surface area contributed by atoms with Gasteiger partial charge >= 0.3 is 0 Å². The van der Waals surface area contributed by atoms with Gasteiger partial charge in [-0.3, -0.25) is 0 Å². The van der Waals surface area contributed by atoms with E-state index in [4.69, 9.17) is 5.11 Å². The van der Waals surface area contributed by atoms with Crippen LogP contribution in [0.25, 0.3) is 0 Å². The van der Waals surface area contributed by atoms with Gasteiger partial charge in [0.1, 0.15) is 0 Å². The maximum atomic E-state index is 8.57. The van der Waals surface area contributed by atoms with Gasteiger partial charge in [-0.1, -0.05) is 11.6 Å². The van der Waals surface area contributed by atoms with Crippen molar-refractivity contribution < 1.29 is 5.11 Å². The fraction of sp³-hybridized carbons (Fsp3) is 0.571. The number of thiocarbonyl (C=S) groups is 1. The SMILES string of the molecule is CC(C)=CCCC(O)=S. The molecule has 2 heteroatoms. The Hall–Kier alpha value is -0.370. The molecule has 0 rings (SSSR count). The van der Waals surface area contributed by atoms with Gasteiger partial charge in [-0.15, -0.1) is 0 Å². The molecule has 0 aromatic rings. The predicted octanol–water partition coefficient (Wildman–Crippen LogP) is 2.62. The van der Waals surface area contributed by atoms with Crippen molar-refractivity contribution >= 4 is 17.3 Å². The maximum absolute atomic E-state index is 8.57. The first-order valence-corrected chi connectivity index (χ1v) is 3.39. The monoisotopic (exact) mass is 144 g/mol. The fourth-order valence-corrected chi connectivity index (χ4v) is 0.602. The molecule has 0 bridgehead atoms. The highest BCUT2D eigenvalue weighted by molar-refractivity contribution is 7.80. The highest BCUT2D eigenvalue weighted by atomic mass is 32.1. The quantitative estimate of drug-likeness (QED) is 0.485. The second-order valence-corrected chi connectivity index (χ2v) is 2.69. The Balaban J connectivity index is 3.31. The topological polar surface area (TPSA) is 20.2 Å². The van der Waals surface area contributed by atoms with Crippen LogP contribution in [-0.4, -0.2) is 10.2 Å². The Morgan fingerprint density at radius 2 is 2.11 bits per heavy atom. The van der Waals surface area contributed by atoms with Gasteiger partial charge in [0.15, 0.2) is 5.05 Å². The van der Waals surface area contributed by atoms with Gasteiger partial charge in [0.2, 0.25) is 0 Å². The van der Waals surface area contributed by atoms with Gasteiger partial charge in [-0.25, -0.2) is 0 Å². The molecule has 52 valence electrons. The normalized spacial score (nSPS) is 8.67. The molecule has 0 aliphatic carbocycles. The van der Waals surface area contributed by atoms with Crippen molar-refractivity contribution in [2.75, 3.05) is 0 Å². The van der Waals surface area contributed by atoms with Crippen LogP contribution in [0.2, 0.25) is 0 Å². The van der Waals surface area contributed by atoms with Crippen molar-refractivity contribution in [2.24, 2.45) is 0 Å². The number of aliphatic hydroxyl groups excluding tert-OH is 1. The first-order valence-electron chi connectivity index (χ1n) is 2.98. The molecule has 1 N–H and O–H groups in total. The number of rotatable bonds is 3. The molecule has 0 radical (unpaired) electrons. The zero-order valence-corrected chi connectivity index (χ0v) is 6.66. The lowest BCUT2D eigenvalue weighted by Gasteiger charge is -1.90. The first-order chi connectivity index (χ1) is 4.13. The number of allylic oxidation sites excluding steroid dienone is 2. The third kappa shape index (κ3) is 7.63. The van der Waals surface area contributed by atoms with Crippen molar-refractivity contribution in [1.29, 1.82) is 0 Å². The standard InChI is InChI=1S/C7H12OS/c1-6(2)4-3-5-7(8)9/h4H,3,5H2,1-2H3,(H,8,9). The van der Waals surface area contributed by atoms with Gasteiger partial charge < -0.3 is 5.11 Å². The maximum Gasteiger partial charge on any atom is 0.156 e. The van der Waals surface area contributed by atoms with Crippen LogP contribution < -0.4 is 0 Å². The van der Waals surface area contributed by atoms with Crippen molar-refractivity contribution in [3.63, 3.8) is 0 Å². The van der Waals surface area contributed by atoms with Crippen molar-refractivity contribution in [3.8, 4) is 0 Å². The minimum Gasteiger partial charge on any atom is -0.502 e. The molecule has 0 aromatic heterocycles.